The topological polar surface area (TPSA) is 58.6 Å². The van der Waals surface area contributed by atoms with Crippen LogP contribution in [0.15, 0.2) is 36.9 Å². The summed E-state index contributed by atoms with van der Waals surface area (Å²) >= 11 is 0. The number of hydrogen-bond acceptors (Lipinski definition) is 3. The molecule has 0 aliphatic carbocycles. The third kappa shape index (κ3) is 2.36. The van der Waals surface area contributed by atoms with Crippen LogP contribution in [0.4, 0.5) is 0 Å². The van der Waals surface area contributed by atoms with Gasteiger partial charge in [0.1, 0.15) is 16.9 Å². The highest BCUT2D eigenvalue weighted by Crippen LogP contribution is 2.43. The minimum atomic E-state index is -1.13. The molecule has 1 unspecified atom stereocenters. The number of carbonyl (C=O) groups is 1. The minimum absolute atomic E-state index is 0.361. The Bertz CT molecular complexity index is 510. The Hall–Kier alpha value is -1.81. The van der Waals surface area contributed by atoms with Crippen molar-refractivity contribution < 1.29 is 14.6 Å². The number of hydrogen-bond donors (Lipinski definition) is 2. The molecule has 0 spiro atoms. The predicted molar refractivity (Wildman–Crippen MR) is 73.3 cm³/mol. The molecule has 1 atom stereocenters. The van der Waals surface area contributed by atoms with E-state index < -0.39 is 17.1 Å². The first-order valence-corrected chi connectivity index (χ1v) is 6.29. The van der Waals surface area contributed by atoms with Crippen molar-refractivity contribution in [2.45, 2.75) is 31.4 Å². The summed E-state index contributed by atoms with van der Waals surface area (Å²) in [4.78, 5) is 11.9. The van der Waals surface area contributed by atoms with E-state index in [1.165, 1.54) is 0 Å². The number of benzene rings is 1. The smallest absolute Gasteiger partial charge is 0.328 e. The number of ether oxygens (including phenoxy) is 1. The molecule has 4 heteroatoms. The summed E-state index contributed by atoms with van der Waals surface area (Å²) < 4.78 is 5.88. The summed E-state index contributed by atoms with van der Waals surface area (Å²) in [5, 5.41) is 12.8. The van der Waals surface area contributed by atoms with Gasteiger partial charge in [-0.25, -0.2) is 4.79 Å². The lowest BCUT2D eigenvalue weighted by Gasteiger charge is -2.43. The third-order valence-corrected chi connectivity index (χ3v) is 3.34. The van der Waals surface area contributed by atoms with Gasteiger partial charge in [0.2, 0.25) is 0 Å². The Morgan fingerprint density at radius 2 is 2.21 bits per heavy atom. The molecular formula is C15H19NO3. The zero-order valence-electron chi connectivity index (χ0n) is 11.3. The van der Waals surface area contributed by atoms with Gasteiger partial charge in [0.25, 0.3) is 0 Å². The molecule has 0 fully saturated rings. The van der Waals surface area contributed by atoms with E-state index in [0.717, 1.165) is 0 Å². The van der Waals surface area contributed by atoms with Gasteiger partial charge in [-0.05, 0) is 19.9 Å². The fraction of sp³-hybridized carbons (Fsp3) is 0.400. The largest absolute Gasteiger partial charge is 0.487 e. The Balaban J connectivity index is 2.57. The molecule has 0 amide bonds. The second-order valence-electron chi connectivity index (χ2n) is 5.41. The Morgan fingerprint density at radius 3 is 2.84 bits per heavy atom. The van der Waals surface area contributed by atoms with E-state index in [4.69, 9.17) is 4.74 Å². The fourth-order valence-electron chi connectivity index (χ4n) is 2.65. The molecule has 1 aliphatic rings. The normalized spacial score (nSPS) is 24.1. The number of fused-ring (bicyclic) bond motifs is 1. The molecule has 2 rings (SSSR count). The summed E-state index contributed by atoms with van der Waals surface area (Å²) in [6.45, 7) is 7.87. The summed E-state index contributed by atoms with van der Waals surface area (Å²) in [6.07, 6.45) is 2.02. The second-order valence-corrected chi connectivity index (χ2v) is 5.41. The molecule has 0 saturated carbocycles. The van der Waals surface area contributed by atoms with Gasteiger partial charge in [0.05, 0.1) is 0 Å². The van der Waals surface area contributed by atoms with Crippen molar-refractivity contribution in [2.75, 3.05) is 6.54 Å². The second kappa shape index (κ2) is 4.70. The average Bonchev–Trinajstić information content (AvgIpc) is 2.34. The van der Waals surface area contributed by atoms with Gasteiger partial charge in [-0.2, -0.15) is 0 Å². The van der Waals surface area contributed by atoms with Gasteiger partial charge in [-0.1, -0.05) is 24.3 Å². The number of carboxylic acids is 1. The minimum Gasteiger partial charge on any atom is -0.487 e. The first-order chi connectivity index (χ1) is 8.91. The van der Waals surface area contributed by atoms with E-state index in [1.54, 1.807) is 12.1 Å². The SMILES string of the molecule is C=CCNC1(C(=O)O)CC(C)(C)Oc2ccccc21. The zero-order chi connectivity index (χ0) is 14.1. The van der Waals surface area contributed by atoms with Crippen LogP contribution in [-0.2, 0) is 10.3 Å². The van der Waals surface area contributed by atoms with Crippen molar-refractivity contribution in [3.63, 3.8) is 0 Å². The van der Waals surface area contributed by atoms with Crippen molar-refractivity contribution in [2.24, 2.45) is 0 Å². The summed E-state index contributed by atoms with van der Waals surface area (Å²) in [6, 6.07) is 7.28. The molecular weight excluding hydrogens is 242 g/mol. The third-order valence-electron chi connectivity index (χ3n) is 3.34. The average molecular weight is 261 g/mol. The predicted octanol–water partition coefficient (Wildman–Crippen LogP) is 2.30. The van der Waals surface area contributed by atoms with Gasteiger partial charge in [-0.3, -0.25) is 5.32 Å². The standard InChI is InChI=1S/C15H19NO3/c1-4-9-16-15(13(17)18)10-14(2,3)19-12-8-6-5-7-11(12)15/h4-8,16H,1,9-10H2,2-3H3,(H,17,18). The van der Waals surface area contributed by atoms with E-state index >= 15 is 0 Å². The first kappa shape index (κ1) is 13.6. The maximum Gasteiger partial charge on any atom is 0.328 e. The first-order valence-electron chi connectivity index (χ1n) is 6.29. The molecule has 0 saturated heterocycles. The lowest BCUT2D eigenvalue weighted by atomic mass is 9.77. The van der Waals surface area contributed by atoms with Crippen molar-refractivity contribution in [3.05, 3.63) is 42.5 Å². The fourth-order valence-corrected chi connectivity index (χ4v) is 2.65. The van der Waals surface area contributed by atoms with Crippen LogP contribution in [0.1, 0.15) is 25.8 Å². The van der Waals surface area contributed by atoms with Gasteiger partial charge < -0.3 is 9.84 Å². The van der Waals surface area contributed by atoms with E-state index in [9.17, 15) is 9.90 Å². The lowest BCUT2D eigenvalue weighted by molar-refractivity contribution is -0.149. The lowest BCUT2D eigenvalue weighted by Crippen LogP contribution is -2.57. The van der Waals surface area contributed by atoms with Crippen LogP contribution in [-0.4, -0.2) is 23.2 Å². The van der Waals surface area contributed by atoms with E-state index in [2.05, 4.69) is 11.9 Å². The van der Waals surface area contributed by atoms with Gasteiger partial charge in [0, 0.05) is 18.5 Å². The van der Waals surface area contributed by atoms with Gasteiger partial charge in [0.15, 0.2) is 0 Å². The monoisotopic (exact) mass is 261 g/mol. The molecule has 1 aromatic carbocycles. The number of rotatable bonds is 4. The van der Waals surface area contributed by atoms with Crippen LogP contribution in [0.2, 0.25) is 0 Å². The molecule has 0 radical (unpaired) electrons. The van der Waals surface area contributed by atoms with Crippen molar-refractivity contribution in [1.29, 1.82) is 0 Å². The number of aliphatic carboxylic acids is 1. The van der Waals surface area contributed by atoms with Crippen molar-refractivity contribution >= 4 is 5.97 Å². The summed E-state index contributed by atoms with van der Waals surface area (Å²) in [5.74, 6) is -0.268. The summed E-state index contributed by atoms with van der Waals surface area (Å²) in [7, 11) is 0. The van der Waals surface area contributed by atoms with Crippen molar-refractivity contribution in [3.8, 4) is 5.75 Å². The highest BCUT2D eigenvalue weighted by Gasteiger charge is 2.50. The molecule has 1 aliphatic heterocycles. The van der Waals surface area contributed by atoms with Crippen LogP contribution < -0.4 is 10.1 Å². The van der Waals surface area contributed by atoms with Crippen LogP contribution >= 0.6 is 0 Å². The quantitative estimate of drug-likeness (QED) is 0.817. The molecule has 0 aromatic heterocycles. The van der Waals surface area contributed by atoms with Crippen molar-refractivity contribution in [1.82, 2.24) is 5.32 Å². The van der Waals surface area contributed by atoms with E-state index in [0.29, 0.717) is 24.3 Å². The molecule has 102 valence electrons. The Kier molecular flexibility index (Phi) is 3.37. The molecule has 0 bridgehead atoms. The Morgan fingerprint density at radius 1 is 1.53 bits per heavy atom. The van der Waals surface area contributed by atoms with Crippen LogP contribution in [0.25, 0.3) is 0 Å². The van der Waals surface area contributed by atoms with Crippen LogP contribution in [0.3, 0.4) is 0 Å². The zero-order valence-corrected chi connectivity index (χ0v) is 11.3. The molecule has 1 heterocycles. The van der Waals surface area contributed by atoms with E-state index in [-0.39, 0.29) is 0 Å². The molecule has 4 nitrogen and oxygen atoms in total. The summed E-state index contributed by atoms with van der Waals surface area (Å²) in [5.41, 5.74) is -1.00. The number of carboxylic acid groups (broad SMARTS) is 1. The number of para-hydroxylation sites is 1. The molecule has 1 aromatic rings. The van der Waals surface area contributed by atoms with Gasteiger partial charge in [-0.15, -0.1) is 6.58 Å². The number of nitrogens with one attached hydrogen (secondary N) is 1. The van der Waals surface area contributed by atoms with Crippen LogP contribution in [0, 0.1) is 0 Å². The molecule has 19 heavy (non-hydrogen) atoms. The highest BCUT2D eigenvalue weighted by atomic mass is 16.5. The maximum atomic E-state index is 11.9. The highest BCUT2D eigenvalue weighted by molar-refractivity contribution is 5.82. The van der Waals surface area contributed by atoms with Crippen LogP contribution in [0.5, 0.6) is 5.75 Å². The Labute approximate surface area is 113 Å². The van der Waals surface area contributed by atoms with Gasteiger partial charge >= 0.3 is 5.97 Å². The molecule has 2 N–H and O–H groups in total. The maximum absolute atomic E-state index is 11.9. The van der Waals surface area contributed by atoms with E-state index in [1.807, 2.05) is 32.0 Å².